The lowest BCUT2D eigenvalue weighted by Crippen LogP contribution is -2.10. The fraction of sp³-hybridized carbons (Fsp3) is 0.429. The SMILES string of the molecule is CCCNc1cncc(NC(CC)c2nccs2)c1. The van der Waals surface area contributed by atoms with E-state index in [4.69, 9.17) is 0 Å². The highest BCUT2D eigenvalue weighted by molar-refractivity contribution is 7.09. The van der Waals surface area contributed by atoms with Crippen LogP contribution in [-0.2, 0) is 0 Å². The van der Waals surface area contributed by atoms with Gasteiger partial charge in [0.05, 0.1) is 29.8 Å². The molecule has 102 valence electrons. The van der Waals surface area contributed by atoms with Crippen molar-refractivity contribution in [1.29, 1.82) is 0 Å². The van der Waals surface area contributed by atoms with Crippen LogP contribution in [-0.4, -0.2) is 16.5 Å². The van der Waals surface area contributed by atoms with Crippen LogP contribution in [0, 0.1) is 0 Å². The Bertz CT molecular complexity index is 484. The normalized spacial score (nSPS) is 12.1. The van der Waals surface area contributed by atoms with Gasteiger partial charge in [-0.15, -0.1) is 11.3 Å². The van der Waals surface area contributed by atoms with Gasteiger partial charge in [0, 0.05) is 18.1 Å². The molecule has 5 heteroatoms. The van der Waals surface area contributed by atoms with Crippen LogP contribution < -0.4 is 10.6 Å². The topological polar surface area (TPSA) is 49.8 Å². The molecular weight excluding hydrogens is 256 g/mol. The van der Waals surface area contributed by atoms with Crippen molar-refractivity contribution in [2.75, 3.05) is 17.2 Å². The summed E-state index contributed by atoms with van der Waals surface area (Å²) in [5.41, 5.74) is 2.09. The molecule has 0 aliphatic heterocycles. The maximum Gasteiger partial charge on any atom is 0.115 e. The number of hydrogen-bond donors (Lipinski definition) is 2. The predicted octanol–water partition coefficient (Wildman–Crippen LogP) is 3.92. The van der Waals surface area contributed by atoms with Gasteiger partial charge in [0.15, 0.2) is 0 Å². The first-order valence-electron chi connectivity index (χ1n) is 6.68. The monoisotopic (exact) mass is 276 g/mol. The molecule has 2 N–H and O–H groups in total. The minimum atomic E-state index is 0.253. The van der Waals surface area contributed by atoms with E-state index in [1.165, 1.54) is 0 Å². The number of anilines is 2. The zero-order valence-electron chi connectivity index (χ0n) is 11.4. The van der Waals surface area contributed by atoms with Gasteiger partial charge < -0.3 is 10.6 Å². The molecule has 4 nitrogen and oxygen atoms in total. The second-order valence-electron chi connectivity index (χ2n) is 4.36. The molecule has 2 aromatic heterocycles. The first-order chi connectivity index (χ1) is 9.33. The van der Waals surface area contributed by atoms with Crippen LogP contribution in [0.5, 0.6) is 0 Å². The average molecular weight is 276 g/mol. The molecule has 0 radical (unpaired) electrons. The predicted molar refractivity (Wildman–Crippen MR) is 81.8 cm³/mol. The lowest BCUT2D eigenvalue weighted by Gasteiger charge is -2.16. The largest absolute Gasteiger partial charge is 0.384 e. The third kappa shape index (κ3) is 3.92. The highest BCUT2D eigenvalue weighted by Gasteiger charge is 2.11. The van der Waals surface area contributed by atoms with E-state index in [-0.39, 0.29) is 6.04 Å². The van der Waals surface area contributed by atoms with Crippen LogP contribution in [0.3, 0.4) is 0 Å². The van der Waals surface area contributed by atoms with Gasteiger partial charge in [-0.1, -0.05) is 13.8 Å². The number of nitrogens with zero attached hydrogens (tertiary/aromatic N) is 2. The van der Waals surface area contributed by atoms with Gasteiger partial charge in [-0.2, -0.15) is 0 Å². The van der Waals surface area contributed by atoms with E-state index in [9.17, 15) is 0 Å². The van der Waals surface area contributed by atoms with Crippen molar-refractivity contribution >= 4 is 22.7 Å². The van der Waals surface area contributed by atoms with Crippen LogP contribution in [0.2, 0.25) is 0 Å². The molecule has 0 fully saturated rings. The number of pyridine rings is 1. The van der Waals surface area contributed by atoms with Crippen LogP contribution in [0.1, 0.15) is 37.7 Å². The Kier molecular flexibility index (Phi) is 5.15. The molecule has 0 spiro atoms. The zero-order valence-corrected chi connectivity index (χ0v) is 12.2. The average Bonchev–Trinajstić information content (AvgIpc) is 2.97. The molecule has 0 saturated carbocycles. The van der Waals surface area contributed by atoms with Crippen molar-refractivity contribution in [1.82, 2.24) is 9.97 Å². The summed E-state index contributed by atoms with van der Waals surface area (Å²) in [5, 5.41) is 9.97. The quantitative estimate of drug-likeness (QED) is 0.804. The van der Waals surface area contributed by atoms with Crippen LogP contribution >= 0.6 is 11.3 Å². The van der Waals surface area contributed by atoms with Gasteiger partial charge in [0.1, 0.15) is 5.01 Å². The summed E-state index contributed by atoms with van der Waals surface area (Å²) in [6, 6.07) is 2.35. The fourth-order valence-corrected chi connectivity index (χ4v) is 2.60. The summed E-state index contributed by atoms with van der Waals surface area (Å²) >= 11 is 1.68. The van der Waals surface area contributed by atoms with Crippen molar-refractivity contribution in [3.05, 3.63) is 35.0 Å². The van der Waals surface area contributed by atoms with E-state index >= 15 is 0 Å². The number of thiazole rings is 1. The van der Waals surface area contributed by atoms with E-state index in [1.807, 2.05) is 24.0 Å². The Hall–Kier alpha value is -1.62. The van der Waals surface area contributed by atoms with E-state index in [2.05, 4.69) is 40.5 Å². The van der Waals surface area contributed by atoms with Crippen LogP contribution in [0.25, 0.3) is 0 Å². The standard InChI is InChI=1S/C14H20N4S/c1-3-5-16-11-8-12(10-15-9-11)18-13(4-2)14-17-6-7-19-14/h6-10,13,16,18H,3-5H2,1-2H3. The Morgan fingerprint density at radius 2 is 2.11 bits per heavy atom. The van der Waals surface area contributed by atoms with Gasteiger partial charge in [-0.05, 0) is 18.9 Å². The lowest BCUT2D eigenvalue weighted by molar-refractivity contribution is 0.741. The van der Waals surface area contributed by atoms with Crippen molar-refractivity contribution in [2.24, 2.45) is 0 Å². The van der Waals surface area contributed by atoms with Gasteiger partial charge in [-0.25, -0.2) is 4.98 Å². The summed E-state index contributed by atoms with van der Waals surface area (Å²) in [6.07, 6.45) is 7.66. The molecule has 2 heterocycles. The van der Waals surface area contributed by atoms with Crippen LogP contribution in [0.4, 0.5) is 11.4 Å². The molecule has 1 atom stereocenters. The van der Waals surface area contributed by atoms with Gasteiger partial charge in [0.25, 0.3) is 0 Å². The van der Waals surface area contributed by atoms with Crippen molar-refractivity contribution in [2.45, 2.75) is 32.7 Å². The summed E-state index contributed by atoms with van der Waals surface area (Å²) in [5.74, 6) is 0. The van der Waals surface area contributed by atoms with Gasteiger partial charge in [0.2, 0.25) is 0 Å². The minimum absolute atomic E-state index is 0.253. The van der Waals surface area contributed by atoms with Crippen molar-refractivity contribution < 1.29 is 0 Å². The van der Waals surface area contributed by atoms with Gasteiger partial charge in [-0.3, -0.25) is 4.98 Å². The Labute approximate surface area is 118 Å². The van der Waals surface area contributed by atoms with E-state index in [1.54, 1.807) is 11.3 Å². The van der Waals surface area contributed by atoms with Crippen LogP contribution in [0.15, 0.2) is 30.0 Å². The Balaban J connectivity index is 2.05. The summed E-state index contributed by atoms with van der Waals surface area (Å²) in [6.45, 7) is 5.28. The zero-order chi connectivity index (χ0) is 13.5. The minimum Gasteiger partial charge on any atom is -0.384 e. The first kappa shape index (κ1) is 13.8. The molecule has 0 aliphatic rings. The molecular formula is C14H20N4S. The highest BCUT2D eigenvalue weighted by atomic mass is 32.1. The molecule has 1 unspecified atom stereocenters. The molecule has 19 heavy (non-hydrogen) atoms. The molecule has 0 amide bonds. The molecule has 2 rings (SSSR count). The second kappa shape index (κ2) is 7.09. The fourth-order valence-electron chi connectivity index (χ4n) is 1.83. The third-order valence-corrected chi connectivity index (χ3v) is 3.71. The van der Waals surface area contributed by atoms with Crippen molar-refractivity contribution in [3.63, 3.8) is 0 Å². The molecule has 2 aromatic rings. The number of nitrogens with one attached hydrogen (secondary N) is 2. The number of aromatic nitrogens is 2. The second-order valence-corrected chi connectivity index (χ2v) is 5.29. The molecule has 0 aliphatic carbocycles. The summed E-state index contributed by atoms with van der Waals surface area (Å²) in [7, 11) is 0. The molecule has 0 aromatic carbocycles. The molecule has 0 bridgehead atoms. The van der Waals surface area contributed by atoms with E-state index < -0.39 is 0 Å². The Morgan fingerprint density at radius 1 is 1.26 bits per heavy atom. The maximum atomic E-state index is 4.38. The molecule has 0 saturated heterocycles. The van der Waals surface area contributed by atoms with Gasteiger partial charge >= 0.3 is 0 Å². The van der Waals surface area contributed by atoms with E-state index in [0.29, 0.717) is 0 Å². The summed E-state index contributed by atoms with van der Waals surface area (Å²) in [4.78, 5) is 8.64. The lowest BCUT2D eigenvalue weighted by atomic mass is 10.2. The maximum absolute atomic E-state index is 4.38. The summed E-state index contributed by atoms with van der Waals surface area (Å²) < 4.78 is 0. The number of rotatable bonds is 7. The third-order valence-electron chi connectivity index (χ3n) is 2.82. The van der Waals surface area contributed by atoms with E-state index in [0.717, 1.165) is 35.8 Å². The smallest absolute Gasteiger partial charge is 0.115 e. The number of hydrogen-bond acceptors (Lipinski definition) is 5. The Morgan fingerprint density at radius 3 is 2.79 bits per heavy atom. The van der Waals surface area contributed by atoms with Crippen molar-refractivity contribution in [3.8, 4) is 0 Å². The highest BCUT2D eigenvalue weighted by Crippen LogP contribution is 2.24. The first-order valence-corrected chi connectivity index (χ1v) is 7.56.